The summed E-state index contributed by atoms with van der Waals surface area (Å²) in [4.78, 5) is 46.1. The summed E-state index contributed by atoms with van der Waals surface area (Å²) in [6, 6.07) is 20.3. The second kappa shape index (κ2) is 14.7. The number of benzene rings is 3. The first-order chi connectivity index (χ1) is 21.5. The van der Waals surface area contributed by atoms with Crippen LogP contribution >= 0.6 is 0 Å². The molecule has 0 aliphatic carbocycles. The van der Waals surface area contributed by atoms with Gasteiger partial charge in [-0.05, 0) is 61.3 Å². The third-order valence-corrected chi connectivity index (χ3v) is 8.15. The summed E-state index contributed by atoms with van der Waals surface area (Å²) in [7, 11) is 3.07. The topological polar surface area (TPSA) is 103 Å². The largest absolute Gasteiger partial charge is 0.493 e. The third-order valence-electron chi connectivity index (χ3n) is 8.15. The minimum absolute atomic E-state index is 0.0598. The van der Waals surface area contributed by atoms with E-state index >= 15 is 0 Å². The lowest BCUT2D eigenvalue weighted by molar-refractivity contribution is -0.130. The van der Waals surface area contributed by atoms with Crippen LogP contribution in [0.5, 0.6) is 11.5 Å². The lowest BCUT2D eigenvalue weighted by atomic mass is 10.1. The Morgan fingerprint density at radius 3 is 2.32 bits per heavy atom. The summed E-state index contributed by atoms with van der Waals surface area (Å²) in [5.41, 5.74) is 3.28. The van der Waals surface area contributed by atoms with Gasteiger partial charge in [0, 0.05) is 56.9 Å². The van der Waals surface area contributed by atoms with Gasteiger partial charge in [0.05, 0.1) is 32.0 Å². The van der Waals surface area contributed by atoms with Crippen molar-refractivity contribution in [2.75, 3.05) is 76.8 Å². The monoisotopic (exact) mass is 599 g/mol. The summed E-state index contributed by atoms with van der Waals surface area (Å²) < 4.78 is 10.7. The van der Waals surface area contributed by atoms with Crippen LogP contribution < -0.4 is 25.0 Å². The van der Waals surface area contributed by atoms with E-state index in [9.17, 15) is 14.4 Å². The van der Waals surface area contributed by atoms with E-state index in [2.05, 4.69) is 15.5 Å². The molecule has 3 amide bonds. The van der Waals surface area contributed by atoms with E-state index in [1.54, 1.807) is 31.4 Å². The van der Waals surface area contributed by atoms with Crippen LogP contribution in [-0.4, -0.2) is 94.1 Å². The molecule has 0 atom stereocenters. The van der Waals surface area contributed by atoms with E-state index in [0.29, 0.717) is 74.0 Å². The maximum Gasteiger partial charge on any atom is 0.255 e. The molecular formula is C34H41N5O5. The molecule has 3 aromatic carbocycles. The molecule has 2 heterocycles. The summed E-state index contributed by atoms with van der Waals surface area (Å²) >= 11 is 0. The standard InChI is InChI=1S/C34H41N5O5/c1-43-30-13-11-26(24-31(30)44-2)33(41)36-28-23-27(34(42)39-16-6-14-35-15-19-39)10-12-29(28)37-17-7-18-38(21-20-37)32(40)22-25-8-4-3-5-9-25/h3-5,8-13,23-24,35H,6-7,14-22H2,1-2H3,(H,36,41). The van der Waals surface area contributed by atoms with Gasteiger partial charge in [0.1, 0.15) is 0 Å². The third kappa shape index (κ3) is 7.49. The van der Waals surface area contributed by atoms with Crippen LogP contribution in [0.25, 0.3) is 0 Å². The number of rotatable bonds is 8. The molecule has 0 bridgehead atoms. The predicted octanol–water partition coefficient (Wildman–Crippen LogP) is 3.67. The van der Waals surface area contributed by atoms with Crippen molar-refractivity contribution in [3.05, 3.63) is 83.4 Å². The minimum atomic E-state index is -0.328. The molecule has 10 nitrogen and oxygen atoms in total. The number of hydrogen-bond acceptors (Lipinski definition) is 7. The van der Waals surface area contributed by atoms with Crippen molar-refractivity contribution in [2.45, 2.75) is 19.3 Å². The second-order valence-electron chi connectivity index (χ2n) is 11.0. The Hall–Kier alpha value is -4.57. The number of nitrogens with one attached hydrogen (secondary N) is 2. The number of amides is 3. The molecule has 2 fully saturated rings. The van der Waals surface area contributed by atoms with Crippen molar-refractivity contribution < 1.29 is 23.9 Å². The van der Waals surface area contributed by atoms with Gasteiger partial charge in [-0.3, -0.25) is 14.4 Å². The smallest absolute Gasteiger partial charge is 0.255 e. The zero-order valence-electron chi connectivity index (χ0n) is 25.5. The summed E-state index contributed by atoms with van der Waals surface area (Å²) in [6.45, 7) is 5.48. The highest BCUT2D eigenvalue weighted by Crippen LogP contribution is 2.31. The maximum absolute atomic E-state index is 13.5. The fraction of sp³-hybridized carbons (Fsp3) is 0.382. The molecule has 0 aromatic heterocycles. The van der Waals surface area contributed by atoms with Gasteiger partial charge in [-0.2, -0.15) is 0 Å². The molecule has 0 unspecified atom stereocenters. The van der Waals surface area contributed by atoms with Crippen LogP contribution in [0.1, 0.15) is 39.1 Å². The molecule has 232 valence electrons. The molecule has 2 N–H and O–H groups in total. The Morgan fingerprint density at radius 1 is 0.750 bits per heavy atom. The molecule has 0 saturated carbocycles. The van der Waals surface area contributed by atoms with Gasteiger partial charge in [0.15, 0.2) is 11.5 Å². The van der Waals surface area contributed by atoms with Gasteiger partial charge in [0.2, 0.25) is 5.91 Å². The van der Waals surface area contributed by atoms with Gasteiger partial charge in [-0.15, -0.1) is 0 Å². The van der Waals surface area contributed by atoms with Crippen molar-refractivity contribution in [1.29, 1.82) is 0 Å². The van der Waals surface area contributed by atoms with Crippen LogP contribution in [0.4, 0.5) is 11.4 Å². The first-order valence-corrected chi connectivity index (χ1v) is 15.2. The first kappa shape index (κ1) is 30.9. The fourth-order valence-corrected chi connectivity index (χ4v) is 5.74. The molecule has 44 heavy (non-hydrogen) atoms. The number of methoxy groups -OCH3 is 2. The van der Waals surface area contributed by atoms with Crippen LogP contribution in [0, 0.1) is 0 Å². The summed E-state index contributed by atoms with van der Waals surface area (Å²) in [6.07, 6.45) is 2.04. The molecule has 2 saturated heterocycles. The van der Waals surface area contributed by atoms with Crippen LogP contribution in [0.3, 0.4) is 0 Å². The van der Waals surface area contributed by atoms with Crippen LogP contribution in [0.2, 0.25) is 0 Å². The number of carbonyl (C=O) groups excluding carboxylic acids is 3. The molecule has 10 heteroatoms. The Kier molecular flexibility index (Phi) is 10.3. The minimum Gasteiger partial charge on any atom is -0.493 e. The van der Waals surface area contributed by atoms with Gasteiger partial charge in [-0.25, -0.2) is 0 Å². The van der Waals surface area contributed by atoms with Gasteiger partial charge >= 0.3 is 0 Å². The second-order valence-corrected chi connectivity index (χ2v) is 11.0. The van der Waals surface area contributed by atoms with Gasteiger partial charge in [-0.1, -0.05) is 30.3 Å². The predicted molar refractivity (Wildman–Crippen MR) is 171 cm³/mol. The van der Waals surface area contributed by atoms with Crippen molar-refractivity contribution in [3.63, 3.8) is 0 Å². The average Bonchev–Trinajstić information content (AvgIpc) is 3.48. The molecule has 5 rings (SSSR count). The highest BCUT2D eigenvalue weighted by molar-refractivity contribution is 6.07. The SMILES string of the molecule is COc1ccc(C(=O)Nc2cc(C(=O)N3CCCNCC3)ccc2N2CCCN(C(=O)Cc3ccccc3)CC2)cc1OC. The molecule has 0 spiro atoms. The van der Waals surface area contributed by atoms with Crippen LogP contribution in [0.15, 0.2) is 66.7 Å². The Morgan fingerprint density at radius 2 is 1.52 bits per heavy atom. The average molecular weight is 600 g/mol. The molecule has 3 aromatic rings. The molecule has 2 aliphatic rings. The lowest BCUT2D eigenvalue weighted by Crippen LogP contribution is -2.36. The number of anilines is 2. The van der Waals surface area contributed by atoms with Crippen molar-refractivity contribution in [2.24, 2.45) is 0 Å². The quantitative estimate of drug-likeness (QED) is 0.407. The van der Waals surface area contributed by atoms with E-state index < -0.39 is 0 Å². The van der Waals surface area contributed by atoms with Crippen molar-refractivity contribution in [3.8, 4) is 11.5 Å². The molecule has 0 radical (unpaired) electrons. The van der Waals surface area contributed by atoms with E-state index in [-0.39, 0.29) is 17.7 Å². The van der Waals surface area contributed by atoms with E-state index in [0.717, 1.165) is 37.2 Å². The number of nitrogens with zero attached hydrogens (tertiary/aromatic N) is 3. The lowest BCUT2D eigenvalue weighted by Gasteiger charge is -2.27. The molecule has 2 aliphatic heterocycles. The molecular weight excluding hydrogens is 558 g/mol. The zero-order valence-corrected chi connectivity index (χ0v) is 25.5. The number of carbonyl (C=O) groups is 3. The van der Waals surface area contributed by atoms with E-state index in [4.69, 9.17) is 9.47 Å². The number of hydrogen-bond donors (Lipinski definition) is 2. The number of ether oxygens (including phenoxy) is 2. The van der Waals surface area contributed by atoms with Crippen molar-refractivity contribution >= 4 is 29.1 Å². The Bertz CT molecular complexity index is 1460. The summed E-state index contributed by atoms with van der Waals surface area (Å²) in [5, 5.41) is 6.40. The Labute approximate surface area is 258 Å². The van der Waals surface area contributed by atoms with Gasteiger partial charge in [0.25, 0.3) is 11.8 Å². The van der Waals surface area contributed by atoms with Gasteiger partial charge < -0.3 is 34.8 Å². The Balaban J connectivity index is 1.38. The maximum atomic E-state index is 13.5. The fourth-order valence-electron chi connectivity index (χ4n) is 5.74. The highest BCUT2D eigenvalue weighted by Gasteiger charge is 2.24. The van der Waals surface area contributed by atoms with Crippen LogP contribution in [-0.2, 0) is 11.2 Å². The normalized spacial score (nSPS) is 15.6. The zero-order chi connectivity index (χ0) is 30.9. The first-order valence-electron chi connectivity index (χ1n) is 15.2. The highest BCUT2D eigenvalue weighted by atomic mass is 16.5. The van der Waals surface area contributed by atoms with E-state index in [1.165, 1.54) is 7.11 Å². The van der Waals surface area contributed by atoms with Crippen molar-refractivity contribution in [1.82, 2.24) is 15.1 Å². The summed E-state index contributed by atoms with van der Waals surface area (Å²) in [5.74, 6) is 0.695. The van der Waals surface area contributed by atoms with E-state index in [1.807, 2.05) is 52.3 Å².